The minimum Gasteiger partial charge on any atom is -0.456 e. The zero-order valence-electron chi connectivity index (χ0n) is 36.7. The Morgan fingerprint density at radius 3 is 1.54 bits per heavy atom. The fraction of sp³-hybridized carbons (Fsp3) is 0.0154. The van der Waals surface area contributed by atoms with Crippen molar-refractivity contribution >= 4 is 49.8 Å². The molecule has 1 aliphatic carbocycles. The van der Waals surface area contributed by atoms with E-state index < -0.39 is 5.41 Å². The van der Waals surface area contributed by atoms with Crippen molar-refractivity contribution in [3.63, 3.8) is 0 Å². The lowest BCUT2D eigenvalue weighted by Gasteiger charge is -2.35. The van der Waals surface area contributed by atoms with Gasteiger partial charge in [0.25, 0.3) is 0 Å². The van der Waals surface area contributed by atoms with E-state index in [0.29, 0.717) is 0 Å². The maximum atomic E-state index is 6.31. The molecule has 314 valence electrons. The van der Waals surface area contributed by atoms with E-state index in [-0.39, 0.29) is 0 Å². The molecule has 0 atom stereocenters. The molecule has 1 aliphatic rings. The van der Waals surface area contributed by atoms with Gasteiger partial charge in [-0.15, -0.1) is 0 Å². The number of hydrogen-bond acceptors (Lipinski definition) is 2. The van der Waals surface area contributed by atoms with Crippen molar-refractivity contribution < 1.29 is 4.42 Å². The second-order valence-electron chi connectivity index (χ2n) is 17.6. The van der Waals surface area contributed by atoms with Crippen LogP contribution in [0.4, 0.5) is 17.1 Å². The fourth-order valence-corrected chi connectivity index (χ4v) is 10.9. The molecule has 0 saturated carbocycles. The summed E-state index contributed by atoms with van der Waals surface area (Å²) in [7, 11) is 0. The molecule has 11 aromatic carbocycles. The molecule has 0 N–H and O–H groups in total. The predicted octanol–water partition coefficient (Wildman–Crippen LogP) is 17.6. The average molecular weight is 854 g/mol. The summed E-state index contributed by atoms with van der Waals surface area (Å²) in [6.45, 7) is 0. The van der Waals surface area contributed by atoms with Crippen LogP contribution in [-0.2, 0) is 5.41 Å². The summed E-state index contributed by atoms with van der Waals surface area (Å²) in [4.78, 5) is 2.41. The Kier molecular flexibility index (Phi) is 9.11. The van der Waals surface area contributed by atoms with Gasteiger partial charge < -0.3 is 9.32 Å². The van der Waals surface area contributed by atoms with E-state index in [1.807, 2.05) is 12.1 Å². The smallest absolute Gasteiger partial charge is 0.136 e. The van der Waals surface area contributed by atoms with Crippen LogP contribution in [0.5, 0.6) is 0 Å². The predicted molar refractivity (Wildman–Crippen MR) is 280 cm³/mol. The van der Waals surface area contributed by atoms with E-state index in [9.17, 15) is 0 Å². The summed E-state index contributed by atoms with van der Waals surface area (Å²) < 4.78 is 6.31. The summed E-state index contributed by atoms with van der Waals surface area (Å²) in [6, 6.07) is 95.2. The Labute approximate surface area is 390 Å². The molecule has 2 heteroatoms. The van der Waals surface area contributed by atoms with Crippen molar-refractivity contribution in [2.45, 2.75) is 5.41 Å². The number of benzene rings is 11. The number of fused-ring (bicyclic) bond motifs is 7. The van der Waals surface area contributed by atoms with E-state index in [1.165, 1.54) is 66.4 Å². The zero-order valence-corrected chi connectivity index (χ0v) is 36.7. The molecule has 67 heavy (non-hydrogen) atoms. The molecule has 0 bridgehead atoms. The molecule has 2 nitrogen and oxygen atoms in total. The van der Waals surface area contributed by atoms with Gasteiger partial charge in [0.2, 0.25) is 0 Å². The van der Waals surface area contributed by atoms with Crippen LogP contribution in [0, 0.1) is 0 Å². The van der Waals surface area contributed by atoms with Crippen LogP contribution >= 0.6 is 0 Å². The summed E-state index contributed by atoms with van der Waals surface area (Å²) >= 11 is 0. The van der Waals surface area contributed by atoms with Crippen molar-refractivity contribution in [1.29, 1.82) is 0 Å². The standard InChI is InChI=1S/C65H43NO/c1-4-15-44(16-5-1)45-27-33-52(34-28-45)66(53-35-29-46(30-36-53)48-31-38-59-58-24-12-13-26-63(58)67-64(59)42-48)54-37-39-57-60-41-49(56-25-14-18-47-17-10-11-23-55(47)56)32-40-61(60)65(62(57)43-54,50-19-6-2-7-20-50)51-21-8-3-9-22-51/h1-43H. The highest BCUT2D eigenvalue weighted by Crippen LogP contribution is 2.58. The average Bonchev–Trinajstić information content (AvgIpc) is 3.92. The second-order valence-corrected chi connectivity index (χ2v) is 17.6. The molecular weight excluding hydrogens is 811 g/mol. The van der Waals surface area contributed by atoms with Gasteiger partial charge in [-0.3, -0.25) is 0 Å². The SMILES string of the molecule is c1ccc(-c2ccc(N(c3ccc(-c4ccc5c(c4)oc4ccccc45)cc3)c3ccc4c(c3)C(c3ccccc3)(c3ccccc3)c3ccc(-c5cccc6ccccc56)cc3-4)cc2)cc1. The van der Waals surface area contributed by atoms with E-state index >= 15 is 0 Å². The molecule has 0 spiro atoms. The van der Waals surface area contributed by atoms with Gasteiger partial charge in [0, 0.05) is 27.8 Å². The molecule has 0 radical (unpaired) electrons. The Hall–Kier alpha value is -8.72. The van der Waals surface area contributed by atoms with Crippen LogP contribution < -0.4 is 4.90 Å². The van der Waals surface area contributed by atoms with Crippen LogP contribution in [0.15, 0.2) is 265 Å². The second kappa shape index (κ2) is 15.8. The van der Waals surface area contributed by atoms with Crippen LogP contribution in [0.25, 0.3) is 77.2 Å². The Morgan fingerprint density at radius 1 is 0.284 bits per heavy atom. The highest BCUT2D eigenvalue weighted by molar-refractivity contribution is 6.06. The normalized spacial score (nSPS) is 12.6. The number of nitrogens with zero attached hydrogens (tertiary/aromatic N) is 1. The van der Waals surface area contributed by atoms with Gasteiger partial charge in [0.15, 0.2) is 0 Å². The first kappa shape index (κ1) is 38.7. The third-order valence-corrected chi connectivity index (χ3v) is 14.0. The fourth-order valence-electron chi connectivity index (χ4n) is 10.9. The third kappa shape index (κ3) is 6.33. The lowest BCUT2D eigenvalue weighted by atomic mass is 9.67. The number of para-hydroxylation sites is 1. The minimum atomic E-state index is -0.581. The largest absolute Gasteiger partial charge is 0.456 e. The first-order valence-electron chi connectivity index (χ1n) is 23.1. The lowest BCUT2D eigenvalue weighted by Crippen LogP contribution is -2.28. The third-order valence-electron chi connectivity index (χ3n) is 14.0. The molecule has 1 heterocycles. The number of hydrogen-bond donors (Lipinski definition) is 0. The van der Waals surface area contributed by atoms with E-state index in [1.54, 1.807) is 0 Å². The molecule has 12 aromatic rings. The summed E-state index contributed by atoms with van der Waals surface area (Å²) in [5.41, 5.74) is 19.0. The van der Waals surface area contributed by atoms with Gasteiger partial charge in [-0.1, -0.05) is 200 Å². The highest BCUT2D eigenvalue weighted by atomic mass is 16.3. The van der Waals surface area contributed by atoms with Crippen LogP contribution in [0.1, 0.15) is 22.3 Å². The van der Waals surface area contributed by atoms with Gasteiger partial charge in [-0.25, -0.2) is 0 Å². The van der Waals surface area contributed by atoms with Crippen molar-refractivity contribution in [1.82, 2.24) is 0 Å². The molecule has 0 saturated heterocycles. The van der Waals surface area contributed by atoms with Gasteiger partial charge in [0.05, 0.1) is 5.41 Å². The Morgan fingerprint density at radius 2 is 0.821 bits per heavy atom. The molecule has 0 unspecified atom stereocenters. The van der Waals surface area contributed by atoms with Gasteiger partial charge in [-0.05, 0) is 138 Å². The van der Waals surface area contributed by atoms with Crippen molar-refractivity contribution in [3.8, 4) is 44.5 Å². The molecular formula is C65H43NO. The van der Waals surface area contributed by atoms with Crippen molar-refractivity contribution in [2.75, 3.05) is 4.90 Å². The maximum absolute atomic E-state index is 6.31. The lowest BCUT2D eigenvalue weighted by molar-refractivity contribution is 0.669. The topological polar surface area (TPSA) is 16.4 Å². The van der Waals surface area contributed by atoms with Crippen LogP contribution in [-0.4, -0.2) is 0 Å². The highest BCUT2D eigenvalue weighted by Gasteiger charge is 2.46. The molecule has 13 rings (SSSR count). The molecule has 1 aromatic heterocycles. The van der Waals surface area contributed by atoms with Gasteiger partial charge in [-0.2, -0.15) is 0 Å². The summed E-state index contributed by atoms with van der Waals surface area (Å²) in [6.07, 6.45) is 0. The molecule has 0 fully saturated rings. The van der Waals surface area contributed by atoms with Crippen molar-refractivity contribution in [2.24, 2.45) is 0 Å². The first-order chi connectivity index (χ1) is 33.2. The van der Waals surface area contributed by atoms with Crippen LogP contribution in [0.3, 0.4) is 0 Å². The number of furan rings is 1. The van der Waals surface area contributed by atoms with Gasteiger partial charge >= 0.3 is 0 Å². The molecule has 0 amide bonds. The quantitative estimate of drug-likeness (QED) is 0.151. The maximum Gasteiger partial charge on any atom is 0.136 e. The zero-order chi connectivity index (χ0) is 44.3. The number of rotatable bonds is 8. The summed E-state index contributed by atoms with van der Waals surface area (Å²) in [5.74, 6) is 0. The van der Waals surface area contributed by atoms with Crippen molar-refractivity contribution in [3.05, 3.63) is 283 Å². The van der Waals surface area contributed by atoms with E-state index in [4.69, 9.17) is 4.42 Å². The first-order valence-corrected chi connectivity index (χ1v) is 23.1. The number of anilines is 3. The van der Waals surface area contributed by atoms with E-state index in [0.717, 1.165) is 50.1 Å². The molecule has 0 aliphatic heterocycles. The monoisotopic (exact) mass is 853 g/mol. The van der Waals surface area contributed by atoms with Gasteiger partial charge in [0.1, 0.15) is 11.2 Å². The van der Waals surface area contributed by atoms with E-state index in [2.05, 4.69) is 254 Å². The summed E-state index contributed by atoms with van der Waals surface area (Å²) in [5, 5.41) is 4.77. The van der Waals surface area contributed by atoms with Crippen LogP contribution in [0.2, 0.25) is 0 Å². The Bertz CT molecular complexity index is 3730. The minimum absolute atomic E-state index is 0.581. The Balaban J connectivity index is 1.00.